The van der Waals surface area contributed by atoms with Gasteiger partial charge in [-0.05, 0) is 0 Å². The zero-order chi connectivity index (χ0) is 7.56. The Morgan fingerprint density at radius 2 is 2.40 bits per heavy atom. The van der Waals surface area contributed by atoms with Gasteiger partial charge in [0.05, 0.1) is 0 Å². The van der Waals surface area contributed by atoms with E-state index in [9.17, 15) is 0 Å². The Balaban J connectivity index is 2.88. The highest BCUT2D eigenvalue weighted by atomic mass is 32.1. The van der Waals surface area contributed by atoms with Crippen molar-refractivity contribution in [3.63, 3.8) is 0 Å². The lowest BCUT2D eigenvalue weighted by molar-refractivity contribution is 1.11. The molecule has 10 heavy (non-hydrogen) atoms. The highest BCUT2D eigenvalue weighted by Crippen LogP contribution is 2.14. The number of aromatic nitrogens is 1. The smallest absolute Gasteiger partial charge is 0.185 e. The van der Waals surface area contributed by atoms with Crippen LogP contribution in [-0.2, 0) is 0 Å². The Morgan fingerprint density at radius 1 is 1.70 bits per heavy atom. The van der Waals surface area contributed by atoms with E-state index in [2.05, 4.69) is 11.3 Å². The van der Waals surface area contributed by atoms with Crippen molar-refractivity contribution in [2.75, 3.05) is 19.0 Å². The van der Waals surface area contributed by atoms with Gasteiger partial charge in [-0.25, -0.2) is 4.98 Å². The second-order valence-corrected chi connectivity index (χ2v) is 3.65. The van der Waals surface area contributed by atoms with E-state index in [4.69, 9.17) is 0 Å². The van der Waals surface area contributed by atoms with Crippen LogP contribution >= 0.6 is 19.5 Å². The first-order valence-corrected chi connectivity index (χ1v) is 4.79. The SMILES string of the molecule is C=Pc1csc(N(C)C)n1. The fourth-order valence-electron chi connectivity index (χ4n) is 0.534. The summed E-state index contributed by atoms with van der Waals surface area (Å²) < 4.78 is 0. The molecule has 0 saturated carbocycles. The summed E-state index contributed by atoms with van der Waals surface area (Å²) in [5.41, 5.74) is 1.05. The van der Waals surface area contributed by atoms with Gasteiger partial charge >= 0.3 is 0 Å². The highest BCUT2D eigenvalue weighted by Gasteiger charge is 1.99. The summed E-state index contributed by atoms with van der Waals surface area (Å²) in [7, 11) is 4.98. The van der Waals surface area contributed by atoms with E-state index >= 15 is 0 Å². The molecule has 0 unspecified atom stereocenters. The summed E-state index contributed by atoms with van der Waals surface area (Å²) in [6.07, 6.45) is 3.73. The first-order chi connectivity index (χ1) is 4.74. The van der Waals surface area contributed by atoms with Gasteiger partial charge in [-0.2, -0.15) is 0 Å². The molecule has 0 aromatic carbocycles. The van der Waals surface area contributed by atoms with Crippen molar-refractivity contribution in [1.82, 2.24) is 4.98 Å². The zero-order valence-electron chi connectivity index (χ0n) is 6.03. The molecule has 1 rings (SSSR count). The molecular formula is C6H9N2PS. The third kappa shape index (κ3) is 1.55. The van der Waals surface area contributed by atoms with Gasteiger partial charge in [-0.15, -0.1) is 11.3 Å². The van der Waals surface area contributed by atoms with Crippen LogP contribution in [-0.4, -0.2) is 25.4 Å². The molecular weight excluding hydrogens is 163 g/mol. The summed E-state index contributed by atoms with van der Waals surface area (Å²) >= 11 is 1.65. The van der Waals surface area contributed by atoms with Gasteiger partial charge in [0.25, 0.3) is 0 Å². The molecule has 0 N–H and O–H groups in total. The second-order valence-electron chi connectivity index (χ2n) is 2.04. The lowest BCUT2D eigenvalue weighted by Crippen LogP contribution is -2.09. The summed E-state index contributed by atoms with van der Waals surface area (Å²) in [4.78, 5) is 6.30. The fraction of sp³-hybridized carbons (Fsp3) is 0.333. The molecule has 1 aromatic rings. The number of hydrogen-bond donors (Lipinski definition) is 0. The van der Waals surface area contributed by atoms with E-state index in [1.165, 1.54) is 0 Å². The second kappa shape index (κ2) is 3.13. The van der Waals surface area contributed by atoms with Crippen molar-refractivity contribution in [3.8, 4) is 0 Å². The Kier molecular flexibility index (Phi) is 2.41. The molecule has 0 aliphatic heterocycles. The number of nitrogens with zero attached hydrogens (tertiary/aromatic N) is 2. The molecule has 4 heteroatoms. The van der Waals surface area contributed by atoms with Crippen molar-refractivity contribution in [1.29, 1.82) is 0 Å². The number of anilines is 1. The van der Waals surface area contributed by atoms with Gasteiger partial charge in [0.2, 0.25) is 0 Å². The van der Waals surface area contributed by atoms with Crippen LogP contribution in [0.4, 0.5) is 5.13 Å². The van der Waals surface area contributed by atoms with Crippen LogP contribution in [0.1, 0.15) is 0 Å². The van der Waals surface area contributed by atoms with Crippen LogP contribution in [0, 0.1) is 0 Å². The van der Waals surface area contributed by atoms with E-state index < -0.39 is 0 Å². The average molecular weight is 172 g/mol. The molecule has 0 radical (unpaired) electrons. The largest absolute Gasteiger partial charge is 0.354 e. The van der Waals surface area contributed by atoms with Crippen molar-refractivity contribution in [2.24, 2.45) is 0 Å². The van der Waals surface area contributed by atoms with E-state index in [-0.39, 0.29) is 0 Å². The Labute approximate surface area is 66.3 Å². The van der Waals surface area contributed by atoms with Gasteiger partial charge in [0.15, 0.2) is 5.13 Å². The summed E-state index contributed by atoms with van der Waals surface area (Å²) in [6.45, 7) is 0. The van der Waals surface area contributed by atoms with Crippen molar-refractivity contribution >= 4 is 36.4 Å². The molecule has 2 nitrogen and oxygen atoms in total. The van der Waals surface area contributed by atoms with Crippen LogP contribution in [0.25, 0.3) is 0 Å². The standard InChI is InChI=1S/C6H9N2PS/c1-8(2)6-7-5(9-3)4-10-6/h4H,3H2,1-2H3. The summed E-state index contributed by atoms with van der Waals surface area (Å²) in [6, 6.07) is 0. The maximum absolute atomic E-state index is 4.30. The third-order valence-corrected chi connectivity index (χ3v) is 2.76. The van der Waals surface area contributed by atoms with E-state index in [0.29, 0.717) is 0 Å². The van der Waals surface area contributed by atoms with Crippen molar-refractivity contribution < 1.29 is 0 Å². The third-order valence-electron chi connectivity index (χ3n) is 1.02. The van der Waals surface area contributed by atoms with Crippen LogP contribution < -0.4 is 10.3 Å². The highest BCUT2D eigenvalue weighted by molar-refractivity contribution is 7.46. The quantitative estimate of drug-likeness (QED) is 0.623. The minimum atomic E-state index is 0.998. The molecule has 0 saturated heterocycles. The molecule has 0 amide bonds. The van der Waals surface area contributed by atoms with E-state index in [0.717, 1.165) is 18.8 Å². The maximum atomic E-state index is 4.30. The molecule has 0 bridgehead atoms. The Hall–Kier alpha value is -0.400. The molecule has 0 spiro atoms. The normalized spacial score (nSPS) is 10.2. The predicted octanol–water partition coefficient (Wildman–Crippen LogP) is 1.21. The fourth-order valence-corrected chi connectivity index (χ4v) is 1.85. The first kappa shape index (κ1) is 7.70. The van der Waals surface area contributed by atoms with Gasteiger partial charge < -0.3 is 4.90 Å². The monoisotopic (exact) mass is 172 g/mol. The minimum Gasteiger partial charge on any atom is -0.354 e. The minimum absolute atomic E-state index is 0.998. The molecule has 0 aliphatic rings. The summed E-state index contributed by atoms with van der Waals surface area (Å²) in [5, 5.41) is 3.08. The zero-order valence-corrected chi connectivity index (χ0v) is 7.75. The Morgan fingerprint density at radius 3 is 2.70 bits per heavy atom. The lowest BCUT2D eigenvalue weighted by atomic mass is 10.9. The lowest BCUT2D eigenvalue weighted by Gasteiger charge is -2.04. The van der Waals surface area contributed by atoms with Crippen molar-refractivity contribution in [2.45, 2.75) is 0 Å². The molecule has 0 aliphatic carbocycles. The van der Waals surface area contributed by atoms with Crippen LogP contribution in [0.3, 0.4) is 0 Å². The topological polar surface area (TPSA) is 16.1 Å². The van der Waals surface area contributed by atoms with Gasteiger partial charge in [0, 0.05) is 19.5 Å². The van der Waals surface area contributed by atoms with Crippen LogP contribution in [0.15, 0.2) is 5.38 Å². The average Bonchev–Trinajstić information content (AvgIpc) is 2.34. The predicted molar refractivity (Wildman–Crippen MR) is 50.1 cm³/mol. The van der Waals surface area contributed by atoms with Crippen molar-refractivity contribution in [3.05, 3.63) is 5.38 Å². The van der Waals surface area contributed by atoms with Gasteiger partial charge in [-0.1, -0.05) is 14.5 Å². The van der Waals surface area contributed by atoms with Crippen LogP contribution in [0.5, 0.6) is 0 Å². The molecule has 54 valence electrons. The van der Waals surface area contributed by atoms with Crippen LogP contribution in [0.2, 0.25) is 0 Å². The molecule has 0 atom stereocenters. The summed E-state index contributed by atoms with van der Waals surface area (Å²) in [5.74, 6) is 0. The maximum Gasteiger partial charge on any atom is 0.185 e. The molecule has 0 fully saturated rings. The van der Waals surface area contributed by atoms with E-state index in [1.807, 2.05) is 24.4 Å². The number of thiazole rings is 1. The van der Waals surface area contributed by atoms with Gasteiger partial charge in [0.1, 0.15) is 5.44 Å². The Bertz CT molecular complexity index is 231. The number of rotatable bonds is 2. The molecule has 1 aromatic heterocycles. The van der Waals surface area contributed by atoms with E-state index in [1.54, 1.807) is 11.3 Å². The van der Waals surface area contributed by atoms with Gasteiger partial charge in [-0.3, -0.25) is 0 Å². The molecule has 1 heterocycles. The number of hydrogen-bond acceptors (Lipinski definition) is 3. The first-order valence-electron chi connectivity index (χ1n) is 2.83.